The maximum Gasteiger partial charge on any atom is 0.225 e. The lowest BCUT2D eigenvalue weighted by atomic mass is 9.52. The molecule has 0 amide bonds. The van der Waals surface area contributed by atoms with Crippen molar-refractivity contribution in [1.29, 1.82) is 0 Å². The molecule has 2 aromatic heterocycles. The van der Waals surface area contributed by atoms with Crippen molar-refractivity contribution in [1.82, 2.24) is 20.2 Å². The molecule has 5 N–H and O–H groups in total. The van der Waals surface area contributed by atoms with Crippen LogP contribution in [0.4, 0.5) is 17.6 Å². The second-order valence-corrected chi connectivity index (χ2v) is 8.65. The largest absolute Gasteiger partial charge is 0.390 e. The quantitative estimate of drug-likeness (QED) is 0.547. The average molecular weight is 370 g/mol. The minimum Gasteiger partial charge on any atom is -0.390 e. The Balaban J connectivity index is 1.38. The number of aliphatic hydroxyl groups excluding tert-OH is 1. The fourth-order valence-electron chi connectivity index (χ4n) is 5.69. The molecular weight excluding hydrogens is 344 g/mol. The smallest absolute Gasteiger partial charge is 0.225 e. The van der Waals surface area contributed by atoms with Crippen LogP contribution in [0.1, 0.15) is 43.5 Å². The van der Waals surface area contributed by atoms with E-state index in [1.807, 2.05) is 13.0 Å². The minimum absolute atomic E-state index is 0.148. The molecule has 27 heavy (non-hydrogen) atoms. The number of anilines is 3. The first kappa shape index (κ1) is 16.9. The summed E-state index contributed by atoms with van der Waals surface area (Å²) in [4.78, 5) is 9.06. The molecular formula is C19H26N6O2. The van der Waals surface area contributed by atoms with Gasteiger partial charge in [0.2, 0.25) is 5.95 Å². The number of rotatable bonds is 5. The molecule has 0 radical (unpaired) electrons. The van der Waals surface area contributed by atoms with Gasteiger partial charge in [-0.3, -0.25) is 5.10 Å². The van der Waals surface area contributed by atoms with Crippen LogP contribution in [0.5, 0.6) is 0 Å². The molecule has 4 aliphatic carbocycles. The first-order valence-electron chi connectivity index (χ1n) is 9.76. The van der Waals surface area contributed by atoms with Crippen molar-refractivity contribution in [3.63, 3.8) is 0 Å². The van der Waals surface area contributed by atoms with Gasteiger partial charge in [-0.25, -0.2) is 4.98 Å². The van der Waals surface area contributed by atoms with Crippen molar-refractivity contribution in [2.75, 3.05) is 10.6 Å². The van der Waals surface area contributed by atoms with Gasteiger partial charge >= 0.3 is 0 Å². The first-order valence-corrected chi connectivity index (χ1v) is 9.76. The van der Waals surface area contributed by atoms with E-state index in [2.05, 4.69) is 30.8 Å². The normalized spacial score (nSPS) is 34.0. The predicted molar refractivity (Wildman–Crippen MR) is 100 cm³/mol. The molecule has 2 unspecified atom stereocenters. The van der Waals surface area contributed by atoms with Crippen LogP contribution < -0.4 is 10.6 Å². The number of aromatic nitrogens is 4. The number of nitrogens with one attached hydrogen (secondary N) is 3. The summed E-state index contributed by atoms with van der Waals surface area (Å²) in [6.45, 7) is 1.79. The second-order valence-electron chi connectivity index (χ2n) is 8.65. The first-order chi connectivity index (χ1) is 13.0. The Kier molecular flexibility index (Phi) is 3.87. The van der Waals surface area contributed by atoms with Crippen LogP contribution in [0, 0.1) is 24.7 Å². The highest BCUT2D eigenvalue weighted by atomic mass is 16.3. The van der Waals surface area contributed by atoms with Crippen LogP contribution >= 0.6 is 0 Å². The van der Waals surface area contributed by atoms with Crippen LogP contribution in [-0.4, -0.2) is 42.0 Å². The standard InChI is InChI=1S/C19H26N6O2/c1-10-2-16(25-24-10)21-15-5-14(9-26)20-18(22-15)23-17-12-3-11-4-13(17)8-19(27,6-11)7-12/h2,5,11-13,17,26-27H,3-4,6-9H2,1H3,(H3,20,21,22,23,24,25). The Hall–Kier alpha value is -2.19. The molecule has 0 saturated heterocycles. The van der Waals surface area contributed by atoms with Crippen molar-refractivity contribution in [3.8, 4) is 0 Å². The zero-order valence-electron chi connectivity index (χ0n) is 15.4. The van der Waals surface area contributed by atoms with Gasteiger partial charge in [0.15, 0.2) is 5.82 Å². The van der Waals surface area contributed by atoms with Crippen molar-refractivity contribution in [2.24, 2.45) is 17.8 Å². The lowest BCUT2D eigenvalue weighted by Gasteiger charge is -2.58. The minimum atomic E-state index is -0.451. The lowest BCUT2D eigenvalue weighted by Crippen LogP contribution is -2.59. The van der Waals surface area contributed by atoms with Gasteiger partial charge in [0, 0.05) is 23.9 Å². The van der Waals surface area contributed by atoms with Crippen LogP contribution in [0.15, 0.2) is 12.1 Å². The summed E-state index contributed by atoms with van der Waals surface area (Å²) in [5.41, 5.74) is 1.07. The number of hydrogen-bond acceptors (Lipinski definition) is 7. The third-order valence-electron chi connectivity index (χ3n) is 6.44. The molecule has 4 saturated carbocycles. The van der Waals surface area contributed by atoms with E-state index in [9.17, 15) is 10.2 Å². The molecule has 0 aromatic carbocycles. The SMILES string of the molecule is Cc1cc(Nc2cc(CO)nc(NC3C4CC5CC3CC(O)(C5)C4)n2)n[nH]1. The van der Waals surface area contributed by atoms with E-state index in [1.165, 1.54) is 12.8 Å². The molecule has 0 spiro atoms. The lowest BCUT2D eigenvalue weighted by molar-refractivity contribution is -0.129. The maximum absolute atomic E-state index is 10.8. The highest BCUT2D eigenvalue weighted by Crippen LogP contribution is 2.56. The number of aliphatic hydroxyl groups is 2. The zero-order valence-corrected chi connectivity index (χ0v) is 15.4. The highest BCUT2D eigenvalue weighted by Gasteiger charge is 2.54. The van der Waals surface area contributed by atoms with Crippen LogP contribution in [0.2, 0.25) is 0 Å². The Morgan fingerprint density at radius 2 is 1.93 bits per heavy atom. The third kappa shape index (κ3) is 3.17. The average Bonchev–Trinajstić information content (AvgIpc) is 3.01. The number of hydrogen-bond donors (Lipinski definition) is 5. The Morgan fingerprint density at radius 3 is 2.56 bits per heavy atom. The number of nitrogens with zero attached hydrogens (tertiary/aromatic N) is 3. The molecule has 6 rings (SSSR count). The van der Waals surface area contributed by atoms with Crippen molar-refractivity contribution >= 4 is 17.6 Å². The van der Waals surface area contributed by atoms with E-state index >= 15 is 0 Å². The number of H-pyrrole nitrogens is 1. The van der Waals surface area contributed by atoms with Gasteiger partial charge in [-0.15, -0.1) is 0 Å². The summed E-state index contributed by atoms with van der Waals surface area (Å²) in [5, 5.41) is 34.1. The van der Waals surface area contributed by atoms with Gasteiger partial charge in [0.25, 0.3) is 0 Å². The second kappa shape index (κ2) is 6.17. The zero-order chi connectivity index (χ0) is 18.6. The molecule has 0 aliphatic heterocycles. The van der Waals surface area contributed by atoms with Gasteiger partial charge in [0.05, 0.1) is 17.9 Å². The van der Waals surface area contributed by atoms with E-state index in [1.54, 1.807) is 6.07 Å². The topological polar surface area (TPSA) is 119 Å². The van der Waals surface area contributed by atoms with Gasteiger partial charge in [-0.1, -0.05) is 0 Å². The molecule has 8 heteroatoms. The monoisotopic (exact) mass is 370 g/mol. The summed E-state index contributed by atoms with van der Waals surface area (Å²) in [6, 6.07) is 3.91. The Bertz CT molecular complexity index is 836. The molecule has 2 aromatic rings. The molecule has 2 heterocycles. The molecule has 8 nitrogen and oxygen atoms in total. The number of aromatic amines is 1. The third-order valence-corrected chi connectivity index (χ3v) is 6.44. The molecule has 2 atom stereocenters. The Morgan fingerprint density at radius 1 is 1.15 bits per heavy atom. The summed E-state index contributed by atoms with van der Waals surface area (Å²) in [7, 11) is 0. The van der Waals surface area contributed by atoms with Crippen molar-refractivity contribution in [3.05, 3.63) is 23.5 Å². The molecule has 144 valence electrons. The summed E-state index contributed by atoms with van der Waals surface area (Å²) in [6.07, 6.45) is 5.06. The molecule has 4 aliphatic rings. The Labute approximate surface area is 157 Å². The molecule has 4 bridgehead atoms. The fourth-order valence-corrected chi connectivity index (χ4v) is 5.69. The van der Waals surface area contributed by atoms with E-state index in [4.69, 9.17) is 0 Å². The summed E-state index contributed by atoms with van der Waals surface area (Å²) in [5.74, 6) is 3.40. The molecule has 4 fully saturated rings. The van der Waals surface area contributed by atoms with E-state index in [0.717, 1.165) is 25.0 Å². The van der Waals surface area contributed by atoms with Crippen molar-refractivity contribution < 1.29 is 10.2 Å². The summed E-state index contributed by atoms with van der Waals surface area (Å²) >= 11 is 0. The van der Waals surface area contributed by atoms with Crippen LogP contribution in [0.3, 0.4) is 0 Å². The van der Waals surface area contributed by atoms with Crippen LogP contribution in [0.25, 0.3) is 0 Å². The van der Waals surface area contributed by atoms with Gasteiger partial charge in [0.1, 0.15) is 5.82 Å². The highest BCUT2D eigenvalue weighted by molar-refractivity contribution is 5.54. The van der Waals surface area contributed by atoms with E-state index in [-0.39, 0.29) is 12.6 Å². The fraction of sp³-hybridized carbons (Fsp3) is 0.632. The van der Waals surface area contributed by atoms with Gasteiger partial charge < -0.3 is 20.8 Å². The predicted octanol–water partition coefficient (Wildman–Crippen LogP) is 2.10. The van der Waals surface area contributed by atoms with E-state index in [0.29, 0.717) is 41.0 Å². The maximum atomic E-state index is 10.8. The van der Waals surface area contributed by atoms with Gasteiger partial charge in [-0.2, -0.15) is 10.1 Å². The van der Waals surface area contributed by atoms with Crippen molar-refractivity contribution in [2.45, 2.75) is 57.3 Å². The van der Waals surface area contributed by atoms with Crippen LogP contribution in [-0.2, 0) is 6.61 Å². The number of aryl methyl sites for hydroxylation is 1. The van der Waals surface area contributed by atoms with E-state index < -0.39 is 5.60 Å². The van der Waals surface area contributed by atoms with Gasteiger partial charge in [-0.05, 0) is 56.8 Å². The summed E-state index contributed by atoms with van der Waals surface area (Å²) < 4.78 is 0.